The van der Waals surface area contributed by atoms with Crippen molar-refractivity contribution >= 4 is 35.0 Å². The standard InChI is InChI=1S/C34H41ClN8O3/c35-27-3-1-2-26(30(27)44)28-14-29-31(40-39-28)36-19-25-20-42(12-13-43(25)29)33-37-17-23(18-38-33)21-6-10-41(11-7-21)24-15-34(16-24)8-4-22(5-9-34)32(45)46/h1-3,14,17-18,21-22,24-25,44H,4-13,15-16,19-20H2,(H,36,40)(H,45,46)/t22?,24?,25-,34?/m0/s1. The number of piperazine rings is 1. The highest BCUT2D eigenvalue weighted by molar-refractivity contribution is 6.32. The number of phenols is 1. The lowest BCUT2D eigenvalue weighted by Gasteiger charge is -2.55. The minimum atomic E-state index is -0.608. The highest BCUT2D eigenvalue weighted by atomic mass is 35.5. The van der Waals surface area contributed by atoms with Crippen molar-refractivity contribution in [3.05, 3.63) is 47.2 Å². The van der Waals surface area contributed by atoms with Crippen LogP contribution in [0.15, 0.2) is 36.7 Å². The van der Waals surface area contributed by atoms with E-state index in [1.807, 2.05) is 18.5 Å². The Morgan fingerprint density at radius 1 is 0.978 bits per heavy atom. The number of rotatable bonds is 5. The van der Waals surface area contributed by atoms with E-state index in [0.29, 0.717) is 33.7 Å². The summed E-state index contributed by atoms with van der Waals surface area (Å²) in [7, 11) is 0. The predicted molar refractivity (Wildman–Crippen MR) is 177 cm³/mol. The lowest BCUT2D eigenvalue weighted by molar-refractivity contribution is -0.145. The first kappa shape index (κ1) is 29.7. The van der Waals surface area contributed by atoms with Gasteiger partial charge in [0.2, 0.25) is 5.95 Å². The van der Waals surface area contributed by atoms with Crippen molar-refractivity contribution in [1.82, 2.24) is 25.1 Å². The van der Waals surface area contributed by atoms with Crippen molar-refractivity contribution in [2.24, 2.45) is 11.3 Å². The number of halogens is 1. The summed E-state index contributed by atoms with van der Waals surface area (Å²) in [6.07, 6.45) is 12.7. The number of para-hydroxylation sites is 1. The zero-order chi connectivity index (χ0) is 31.4. The third-order valence-electron chi connectivity index (χ3n) is 11.5. The van der Waals surface area contributed by atoms with Gasteiger partial charge in [-0.2, -0.15) is 0 Å². The summed E-state index contributed by atoms with van der Waals surface area (Å²) in [5.74, 6) is 1.31. The number of carboxylic acids is 1. The molecule has 3 aliphatic heterocycles. The largest absolute Gasteiger partial charge is 0.506 e. The number of fused-ring (bicyclic) bond motifs is 3. The van der Waals surface area contributed by atoms with Crippen molar-refractivity contribution in [2.75, 3.05) is 54.4 Å². The number of piperidine rings is 1. The smallest absolute Gasteiger partial charge is 0.306 e. The van der Waals surface area contributed by atoms with Crippen molar-refractivity contribution in [3.8, 4) is 17.0 Å². The average Bonchev–Trinajstić information content (AvgIpc) is 3.08. The van der Waals surface area contributed by atoms with Crippen LogP contribution in [0, 0.1) is 11.3 Å². The molecule has 0 amide bonds. The molecule has 242 valence electrons. The maximum absolute atomic E-state index is 11.3. The van der Waals surface area contributed by atoms with Crippen molar-refractivity contribution < 1.29 is 15.0 Å². The molecule has 5 aliphatic rings. The van der Waals surface area contributed by atoms with Crippen molar-refractivity contribution in [3.63, 3.8) is 0 Å². The molecule has 3 aromatic rings. The molecular weight excluding hydrogens is 604 g/mol. The van der Waals surface area contributed by atoms with Crippen molar-refractivity contribution in [2.45, 2.75) is 69.4 Å². The molecule has 46 heavy (non-hydrogen) atoms. The molecule has 1 atom stereocenters. The topological polar surface area (TPSA) is 131 Å². The fourth-order valence-corrected chi connectivity index (χ4v) is 8.88. The van der Waals surface area contributed by atoms with Gasteiger partial charge in [-0.05, 0) is 99.6 Å². The number of phenolic OH excluding ortho intramolecular Hbond substituents is 1. The number of benzene rings is 1. The van der Waals surface area contributed by atoms with Gasteiger partial charge >= 0.3 is 5.97 Å². The Morgan fingerprint density at radius 2 is 1.74 bits per heavy atom. The second-order valence-corrected chi connectivity index (χ2v) is 14.5. The van der Waals surface area contributed by atoms with Gasteiger partial charge in [0.25, 0.3) is 0 Å². The Morgan fingerprint density at radius 3 is 2.48 bits per heavy atom. The van der Waals surface area contributed by atoms with Crippen LogP contribution >= 0.6 is 11.6 Å². The monoisotopic (exact) mass is 644 g/mol. The molecule has 2 aromatic heterocycles. The van der Waals surface area contributed by atoms with Gasteiger partial charge in [-0.1, -0.05) is 17.7 Å². The molecule has 5 heterocycles. The highest BCUT2D eigenvalue weighted by Crippen LogP contribution is 2.55. The van der Waals surface area contributed by atoms with Crippen LogP contribution in [0.3, 0.4) is 0 Å². The molecule has 4 fully saturated rings. The van der Waals surface area contributed by atoms with E-state index in [0.717, 1.165) is 95.2 Å². The van der Waals surface area contributed by atoms with E-state index in [2.05, 4.69) is 30.2 Å². The number of anilines is 3. The molecular formula is C34H41ClN8O3. The number of aromatic hydroxyl groups is 1. The van der Waals surface area contributed by atoms with Gasteiger partial charge in [-0.3, -0.25) is 4.79 Å². The number of hydrogen-bond acceptors (Lipinski definition) is 10. The summed E-state index contributed by atoms with van der Waals surface area (Å²) in [5.41, 5.74) is 3.78. The summed E-state index contributed by atoms with van der Waals surface area (Å²) in [6.45, 7) is 5.38. The Kier molecular flexibility index (Phi) is 7.63. The minimum absolute atomic E-state index is 0.0132. The van der Waals surface area contributed by atoms with E-state index in [4.69, 9.17) is 21.6 Å². The van der Waals surface area contributed by atoms with Gasteiger partial charge in [0.1, 0.15) is 5.75 Å². The summed E-state index contributed by atoms with van der Waals surface area (Å²) in [4.78, 5) is 28.4. The SMILES string of the molecule is O=C(O)C1CCC2(CC1)CC(N1CCC(c3cnc(N4CCN5c6cc(-c7cccc(Cl)c7O)nnc6NC[C@H]5C4)nc3)CC1)C2. The zero-order valence-corrected chi connectivity index (χ0v) is 26.7. The van der Waals surface area contributed by atoms with Crippen LogP contribution in [0.25, 0.3) is 11.3 Å². The van der Waals surface area contributed by atoms with E-state index in [-0.39, 0.29) is 17.7 Å². The lowest BCUT2D eigenvalue weighted by atomic mass is 9.56. The fraction of sp³-hybridized carbons (Fsp3) is 0.559. The van der Waals surface area contributed by atoms with Crippen LogP contribution in [0.1, 0.15) is 62.8 Å². The first-order valence-corrected chi connectivity index (χ1v) is 17.1. The van der Waals surface area contributed by atoms with Crippen molar-refractivity contribution in [1.29, 1.82) is 0 Å². The molecule has 0 unspecified atom stereocenters. The molecule has 2 saturated heterocycles. The van der Waals surface area contributed by atoms with Gasteiger partial charge in [-0.25, -0.2) is 9.97 Å². The number of likely N-dealkylation sites (tertiary alicyclic amines) is 1. The number of carboxylic acid groups (broad SMARTS) is 1. The van der Waals surface area contributed by atoms with E-state index < -0.39 is 5.97 Å². The van der Waals surface area contributed by atoms with E-state index in [1.165, 1.54) is 18.4 Å². The Bertz CT molecular complexity index is 1600. The van der Waals surface area contributed by atoms with Crippen LogP contribution in [-0.2, 0) is 4.79 Å². The number of aliphatic carboxylic acids is 1. The number of hydrogen-bond donors (Lipinski definition) is 3. The van der Waals surface area contributed by atoms with E-state index in [1.54, 1.807) is 18.2 Å². The molecule has 12 heteroatoms. The van der Waals surface area contributed by atoms with Gasteiger partial charge in [0, 0.05) is 50.2 Å². The quantitative estimate of drug-likeness (QED) is 0.346. The summed E-state index contributed by atoms with van der Waals surface area (Å²) < 4.78 is 0. The van der Waals surface area contributed by atoms with Gasteiger partial charge < -0.3 is 30.2 Å². The molecule has 2 aliphatic carbocycles. The molecule has 0 radical (unpaired) electrons. The fourth-order valence-electron chi connectivity index (χ4n) is 8.71. The summed E-state index contributed by atoms with van der Waals surface area (Å²) in [6, 6.07) is 8.13. The first-order valence-electron chi connectivity index (χ1n) is 16.8. The molecule has 1 spiro atoms. The average molecular weight is 645 g/mol. The summed E-state index contributed by atoms with van der Waals surface area (Å²) >= 11 is 6.15. The second kappa shape index (κ2) is 11.8. The Hall–Kier alpha value is -3.70. The number of nitrogens with zero attached hydrogens (tertiary/aromatic N) is 7. The lowest BCUT2D eigenvalue weighted by Crippen LogP contribution is -2.58. The second-order valence-electron chi connectivity index (χ2n) is 14.1. The number of nitrogens with one attached hydrogen (secondary N) is 1. The highest BCUT2D eigenvalue weighted by Gasteiger charge is 2.49. The van der Waals surface area contributed by atoms with Crippen LogP contribution in [-0.4, -0.2) is 92.6 Å². The van der Waals surface area contributed by atoms with Crippen LogP contribution in [0.4, 0.5) is 17.5 Å². The van der Waals surface area contributed by atoms with Crippen LogP contribution < -0.4 is 15.1 Å². The number of aromatic nitrogens is 4. The predicted octanol–water partition coefficient (Wildman–Crippen LogP) is 5.02. The Balaban J connectivity index is 0.855. The normalized spacial score (nSPS) is 28.2. The van der Waals surface area contributed by atoms with E-state index >= 15 is 0 Å². The van der Waals surface area contributed by atoms with Gasteiger partial charge in [0.05, 0.1) is 28.4 Å². The Labute approximate surface area is 274 Å². The maximum atomic E-state index is 11.3. The zero-order valence-electron chi connectivity index (χ0n) is 26.0. The van der Waals surface area contributed by atoms with Crippen LogP contribution in [0.5, 0.6) is 5.75 Å². The van der Waals surface area contributed by atoms with E-state index in [9.17, 15) is 15.0 Å². The molecule has 3 N–H and O–H groups in total. The van der Waals surface area contributed by atoms with Gasteiger partial charge in [0.15, 0.2) is 5.82 Å². The van der Waals surface area contributed by atoms with Gasteiger partial charge in [-0.15, -0.1) is 10.2 Å². The first-order chi connectivity index (χ1) is 22.4. The molecule has 0 bridgehead atoms. The third kappa shape index (κ3) is 5.41. The molecule has 2 saturated carbocycles. The van der Waals surface area contributed by atoms with Crippen LogP contribution in [0.2, 0.25) is 5.02 Å². The molecule has 8 rings (SSSR count). The number of carbonyl (C=O) groups is 1. The third-order valence-corrected chi connectivity index (χ3v) is 11.8. The minimum Gasteiger partial charge on any atom is -0.506 e. The molecule has 11 nitrogen and oxygen atoms in total. The maximum Gasteiger partial charge on any atom is 0.306 e. The molecule has 1 aromatic carbocycles. The summed E-state index contributed by atoms with van der Waals surface area (Å²) in [5, 5.41) is 32.3.